The minimum atomic E-state index is -2.31. The van der Waals surface area contributed by atoms with Crippen molar-refractivity contribution in [2.75, 3.05) is 6.61 Å². The van der Waals surface area contributed by atoms with E-state index in [1.165, 1.54) is 26.0 Å². The summed E-state index contributed by atoms with van der Waals surface area (Å²) in [6, 6.07) is 24.5. The van der Waals surface area contributed by atoms with Gasteiger partial charge in [0.2, 0.25) is 0 Å². The van der Waals surface area contributed by atoms with E-state index in [1.807, 2.05) is 0 Å². The van der Waals surface area contributed by atoms with E-state index in [9.17, 15) is 34.2 Å². The molecule has 3 fully saturated rings. The molecular formula is C48H53NO13. The predicted octanol–water partition coefficient (Wildman–Crippen LogP) is 5.01. The van der Waals surface area contributed by atoms with Gasteiger partial charge in [-0.05, 0) is 61.7 Å². The zero-order valence-electron chi connectivity index (χ0n) is 35.8. The van der Waals surface area contributed by atoms with Crippen LogP contribution < -0.4 is 5.32 Å². The highest BCUT2D eigenvalue weighted by atomic mass is 16.6. The molecule has 7 rings (SSSR count). The number of aliphatic hydroxyl groups is 2. The molecular weight excluding hydrogens is 799 g/mol. The summed E-state index contributed by atoms with van der Waals surface area (Å²) in [5.41, 5.74) is -6.21. The van der Waals surface area contributed by atoms with E-state index in [4.69, 9.17) is 23.7 Å². The Morgan fingerprint density at radius 3 is 1.95 bits per heavy atom. The molecule has 4 aliphatic rings. The number of hydrogen-bond donors (Lipinski definition) is 3. The van der Waals surface area contributed by atoms with Gasteiger partial charge in [-0.3, -0.25) is 24.0 Å². The van der Waals surface area contributed by atoms with Crippen LogP contribution in [0.1, 0.15) is 93.6 Å². The molecule has 14 heteroatoms. The van der Waals surface area contributed by atoms with E-state index in [0.717, 1.165) is 6.92 Å². The third-order valence-electron chi connectivity index (χ3n) is 13.8. The van der Waals surface area contributed by atoms with Crippen LogP contribution in [0.2, 0.25) is 0 Å². The van der Waals surface area contributed by atoms with Gasteiger partial charge in [-0.15, -0.1) is 0 Å². The van der Waals surface area contributed by atoms with Crippen molar-refractivity contribution in [2.24, 2.45) is 22.7 Å². The molecule has 2 saturated carbocycles. The molecule has 328 valence electrons. The molecule has 1 amide bonds. The molecule has 1 aliphatic heterocycles. The first-order valence-corrected chi connectivity index (χ1v) is 20.8. The number of nitrogens with one attached hydrogen (secondary N) is 1. The number of Topliss-reactive ketones (excluding diaryl/α,β-unsaturated/α-hetero) is 1. The van der Waals surface area contributed by atoms with E-state index in [-0.39, 0.29) is 29.7 Å². The SMILES string of the molecule is CC(=O)O[C@H]1C(=O)[C@]2(C)[C@@H](O)C[C@H]3OC[C@]3(OC(C)=O)[C@@H]2[C@@H](OC(=O)c2ccccc2)[C@]2(O)C[C@H](OC(=O)[C@@H](C)[C@H](NC(=O)c3ccccc3)c3ccccc3)C(C)=C1C2(C)C. The molecule has 0 unspecified atom stereocenters. The van der Waals surface area contributed by atoms with Gasteiger partial charge in [0.15, 0.2) is 17.5 Å². The fraction of sp³-hybridized carbons (Fsp3) is 0.458. The van der Waals surface area contributed by atoms with Gasteiger partial charge in [0, 0.05) is 37.7 Å². The van der Waals surface area contributed by atoms with Gasteiger partial charge in [-0.1, -0.05) is 80.6 Å². The maximum atomic E-state index is 15.5. The quantitative estimate of drug-likeness (QED) is 0.140. The number of fused-ring (bicyclic) bond motifs is 5. The topological polar surface area (TPSA) is 201 Å². The Morgan fingerprint density at radius 1 is 0.823 bits per heavy atom. The molecule has 0 radical (unpaired) electrons. The molecule has 3 aromatic rings. The van der Waals surface area contributed by atoms with Crippen molar-refractivity contribution in [3.63, 3.8) is 0 Å². The first-order valence-electron chi connectivity index (χ1n) is 20.8. The Hall–Kier alpha value is -5.70. The average molecular weight is 852 g/mol. The lowest BCUT2D eigenvalue weighted by Crippen LogP contribution is -2.82. The number of carbonyl (C=O) groups excluding carboxylic acids is 6. The summed E-state index contributed by atoms with van der Waals surface area (Å²) in [6.07, 6.45) is -7.99. The average Bonchev–Trinajstić information content (AvgIpc) is 3.24. The number of ether oxygens (including phenoxy) is 5. The Labute approximate surface area is 359 Å². The molecule has 0 aromatic heterocycles. The van der Waals surface area contributed by atoms with Gasteiger partial charge in [0.05, 0.1) is 41.6 Å². The van der Waals surface area contributed by atoms with E-state index in [1.54, 1.807) is 107 Å². The monoisotopic (exact) mass is 851 g/mol. The lowest BCUT2D eigenvalue weighted by atomic mass is 9.44. The van der Waals surface area contributed by atoms with E-state index in [2.05, 4.69) is 5.32 Å². The van der Waals surface area contributed by atoms with Crippen molar-refractivity contribution in [1.82, 2.24) is 5.32 Å². The highest BCUT2D eigenvalue weighted by molar-refractivity contribution is 5.96. The van der Waals surface area contributed by atoms with Crippen LogP contribution in [0.5, 0.6) is 0 Å². The fourth-order valence-corrected chi connectivity index (χ4v) is 10.4. The Bertz CT molecular complexity index is 2280. The number of rotatable bonds is 10. The lowest BCUT2D eigenvalue weighted by Gasteiger charge is -2.67. The van der Waals surface area contributed by atoms with Crippen molar-refractivity contribution >= 4 is 35.6 Å². The zero-order chi connectivity index (χ0) is 44.9. The van der Waals surface area contributed by atoms with Gasteiger partial charge >= 0.3 is 23.9 Å². The van der Waals surface area contributed by atoms with Crippen molar-refractivity contribution in [1.29, 1.82) is 0 Å². The summed E-state index contributed by atoms with van der Waals surface area (Å²) < 4.78 is 30.7. The van der Waals surface area contributed by atoms with Gasteiger partial charge in [0.25, 0.3) is 5.91 Å². The molecule has 1 heterocycles. The summed E-state index contributed by atoms with van der Waals surface area (Å²) in [5.74, 6) is -7.07. The molecule has 11 atom stereocenters. The fourth-order valence-electron chi connectivity index (χ4n) is 10.4. The van der Waals surface area contributed by atoms with Gasteiger partial charge < -0.3 is 39.2 Å². The first kappa shape index (κ1) is 44.4. The highest BCUT2D eigenvalue weighted by Gasteiger charge is 2.78. The summed E-state index contributed by atoms with van der Waals surface area (Å²) >= 11 is 0. The zero-order valence-corrected chi connectivity index (χ0v) is 35.8. The molecule has 1 saturated heterocycles. The normalized spacial score (nSPS) is 31.9. The summed E-state index contributed by atoms with van der Waals surface area (Å²) in [5, 5.41) is 28.8. The van der Waals surface area contributed by atoms with Crippen LogP contribution >= 0.6 is 0 Å². The molecule has 3 aliphatic carbocycles. The van der Waals surface area contributed by atoms with E-state index < -0.39 is 112 Å². The second-order valence-electron chi connectivity index (χ2n) is 17.7. The minimum absolute atomic E-state index is 0.0787. The van der Waals surface area contributed by atoms with Crippen molar-refractivity contribution in [2.45, 2.75) is 109 Å². The largest absolute Gasteiger partial charge is 0.457 e. The number of aliphatic hydroxyl groups excluding tert-OH is 1. The number of benzene rings is 3. The number of ketones is 1. The van der Waals surface area contributed by atoms with Crippen molar-refractivity contribution in [3.05, 3.63) is 119 Å². The third-order valence-corrected chi connectivity index (χ3v) is 13.8. The Balaban J connectivity index is 1.39. The van der Waals surface area contributed by atoms with Crippen LogP contribution in [0, 0.1) is 22.7 Å². The van der Waals surface area contributed by atoms with Crippen LogP contribution in [-0.2, 0) is 42.9 Å². The van der Waals surface area contributed by atoms with Gasteiger partial charge in [-0.25, -0.2) is 4.79 Å². The Kier molecular flexibility index (Phi) is 11.8. The van der Waals surface area contributed by atoms with Gasteiger partial charge in [0.1, 0.15) is 23.9 Å². The molecule has 3 aromatic carbocycles. The summed E-state index contributed by atoms with van der Waals surface area (Å²) in [4.78, 5) is 83.9. The van der Waals surface area contributed by atoms with E-state index >= 15 is 4.79 Å². The van der Waals surface area contributed by atoms with Crippen LogP contribution in [-0.4, -0.2) is 94.1 Å². The molecule has 62 heavy (non-hydrogen) atoms. The predicted molar refractivity (Wildman–Crippen MR) is 221 cm³/mol. The second-order valence-corrected chi connectivity index (χ2v) is 17.7. The van der Waals surface area contributed by atoms with E-state index in [0.29, 0.717) is 11.1 Å². The molecule has 2 bridgehead atoms. The number of amides is 1. The standard InChI is InChI=1S/C48H53NO13/c1-26-33(60-43(55)27(2)37(30-17-11-8-12-18-30)49-42(54)31-19-13-9-14-20-31)24-48(57)41(61-44(56)32-21-15-10-16-22-32)39-46(7,34(52)23-35-47(39,25-58-35)62-29(4)51)40(53)38(59-28(3)50)36(26)45(48,5)6/h8-22,27,33-35,37-39,41,52,57H,23-25H2,1-7H3,(H,49,54)/t27-,33-,34-,35+,37-,38+,39+,41+,46+,47+,48+/m0/s1. The lowest BCUT2D eigenvalue weighted by molar-refractivity contribution is -0.346. The number of carbonyl (C=O) groups is 6. The second kappa shape index (κ2) is 16.5. The van der Waals surface area contributed by atoms with Crippen LogP contribution in [0.15, 0.2) is 102 Å². The number of hydrogen-bond acceptors (Lipinski definition) is 13. The van der Waals surface area contributed by atoms with Crippen LogP contribution in [0.4, 0.5) is 0 Å². The van der Waals surface area contributed by atoms with Crippen molar-refractivity contribution in [3.8, 4) is 0 Å². The van der Waals surface area contributed by atoms with Crippen LogP contribution in [0.3, 0.4) is 0 Å². The smallest absolute Gasteiger partial charge is 0.338 e. The maximum Gasteiger partial charge on any atom is 0.338 e. The minimum Gasteiger partial charge on any atom is -0.457 e. The van der Waals surface area contributed by atoms with Gasteiger partial charge in [-0.2, -0.15) is 0 Å². The highest BCUT2D eigenvalue weighted by Crippen LogP contribution is 2.64. The first-order chi connectivity index (χ1) is 29.3. The molecule has 14 nitrogen and oxygen atoms in total. The summed E-state index contributed by atoms with van der Waals surface area (Å²) in [7, 11) is 0. The Morgan fingerprint density at radius 2 is 1.40 bits per heavy atom. The van der Waals surface area contributed by atoms with Crippen molar-refractivity contribution < 1.29 is 62.7 Å². The molecule has 3 N–H and O–H groups in total. The summed E-state index contributed by atoms with van der Waals surface area (Å²) in [6.45, 7) is 9.87. The molecule has 0 spiro atoms. The maximum absolute atomic E-state index is 15.5. The number of esters is 4. The third kappa shape index (κ3) is 7.31. The van der Waals surface area contributed by atoms with Crippen LogP contribution in [0.25, 0.3) is 0 Å².